The van der Waals surface area contributed by atoms with Gasteiger partial charge in [-0.25, -0.2) is 0 Å². The smallest absolute Gasteiger partial charge is 0.347 e. The number of amides is 1. The molecule has 0 unspecified atom stereocenters. The molecule has 7 heteroatoms. The van der Waals surface area contributed by atoms with Gasteiger partial charge < -0.3 is 4.90 Å². The van der Waals surface area contributed by atoms with Gasteiger partial charge in [-0.15, -0.1) is 0 Å². The largest absolute Gasteiger partial charge is 0.435 e. The average molecular weight is 411 g/mol. The highest BCUT2D eigenvalue weighted by molar-refractivity contribution is 6.32. The predicted molar refractivity (Wildman–Crippen MR) is 111 cm³/mol. The summed E-state index contributed by atoms with van der Waals surface area (Å²) in [7, 11) is 1.86. The summed E-state index contributed by atoms with van der Waals surface area (Å²) in [6.07, 6.45) is -1.93. The highest BCUT2D eigenvalue weighted by atomic mass is 19.4. The van der Waals surface area contributed by atoms with Crippen LogP contribution in [0.2, 0.25) is 0 Å². The van der Waals surface area contributed by atoms with E-state index in [1.807, 2.05) is 50.1 Å². The number of benzene rings is 2. The van der Waals surface area contributed by atoms with Crippen LogP contribution in [0.4, 0.5) is 24.5 Å². The number of likely N-dealkylation sites (N-methyl/N-ethyl adjacent to an activating group) is 1. The molecule has 2 aliphatic heterocycles. The first-order valence-corrected chi connectivity index (χ1v) is 9.44. The maximum atomic E-state index is 13.6. The molecule has 4 nitrogen and oxygen atoms in total. The van der Waals surface area contributed by atoms with Crippen molar-refractivity contribution in [3.63, 3.8) is 0 Å². The Labute approximate surface area is 172 Å². The Morgan fingerprint density at radius 3 is 2.23 bits per heavy atom. The summed E-state index contributed by atoms with van der Waals surface area (Å²) in [6, 6.07) is 15.9. The highest BCUT2D eigenvalue weighted by Crippen LogP contribution is 2.46. The maximum absolute atomic E-state index is 13.6. The van der Waals surface area contributed by atoms with E-state index in [1.165, 1.54) is 6.08 Å². The highest BCUT2D eigenvalue weighted by Gasteiger charge is 2.47. The van der Waals surface area contributed by atoms with Gasteiger partial charge in [0.25, 0.3) is 5.91 Å². The number of carbonyl (C=O) groups excluding carboxylic acids is 1. The number of alkyl halides is 3. The van der Waals surface area contributed by atoms with Crippen molar-refractivity contribution in [2.24, 2.45) is 5.10 Å². The maximum Gasteiger partial charge on any atom is 0.435 e. The molecule has 4 rings (SSSR count). The number of carbonyl (C=O) groups is 1. The lowest BCUT2D eigenvalue weighted by Crippen LogP contribution is -2.26. The molecule has 0 atom stereocenters. The Morgan fingerprint density at radius 1 is 0.967 bits per heavy atom. The minimum Gasteiger partial charge on any atom is -0.347 e. The van der Waals surface area contributed by atoms with Crippen LogP contribution in [0, 0.1) is 0 Å². The van der Waals surface area contributed by atoms with Crippen LogP contribution in [0.15, 0.2) is 83.1 Å². The molecule has 0 aliphatic carbocycles. The van der Waals surface area contributed by atoms with Crippen molar-refractivity contribution in [3.05, 3.63) is 83.6 Å². The summed E-state index contributed by atoms with van der Waals surface area (Å²) in [4.78, 5) is 14.8. The third kappa shape index (κ3) is 3.10. The second kappa shape index (κ2) is 6.86. The zero-order valence-corrected chi connectivity index (χ0v) is 16.7. The van der Waals surface area contributed by atoms with Gasteiger partial charge in [0.15, 0.2) is 5.71 Å². The number of halogens is 3. The molecule has 30 heavy (non-hydrogen) atoms. The minimum atomic E-state index is -4.75. The van der Waals surface area contributed by atoms with Crippen LogP contribution in [0.3, 0.4) is 0 Å². The van der Waals surface area contributed by atoms with Crippen LogP contribution in [-0.4, -0.2) is 24.8 Å². The summed E-state index contributed by atoms with van der Waals surface area (Å²) in [5, 5.41) is 4.39. The van der Waals surface area contributed by atoms with Gasteiger partial charge in [0.1, 0.15) is 0 Å². The Morgan fingerprint density at radius 2 is 1.60 bits per heavy atom. The van der Waals surface area contributed by atoms with Crippen LogP contribution in [0.5, 0.6) is 0 Å². The fourth-order valence-corrected chi connectivity index (χ4v) is 3.98. The number of para-hydroxylation sites is 2. The predicted octanol–water partition coefficient (Wildman–Crippen LogP) is 5.19. The number of hydrogen-bond donors (Lipinski definition) is 0. The lowest BCUT2D eigenvalue weighted by atomic mass is 9.83. The Kier molecular flexibility index (Phi) is 4.56. The number of hydrogen-bond acceptors (Lipinski definition) is 3. The molecule has 0 radical (unpaired) electrons. The van der Waals surface area contributed by atoms with Crippen molar-refractivity contribution in [1.29, 1.82) is 0 Å². The van der Waals surface area contributed by atoms with E-state index in [2.05, 4.69) is 5.10 Å². The van der Waals surface area contributed by atoms with Crippen LogP contribution in [0.1, 0.15) is 19.4 Å². The van der Waals surface area contributed by atoms with Gasteiger partial charge in [-0.2, -0.15) is 23.3 Å². The van der Waals surface area contributed by atoms with E-state index in [0.29, 0.717) is 0 Å². The standard InChI is InChI=1S/C23H20F3N3O/c1-22(2)17-11-7-8-12-18(17)28(3)19(22)14-13-16-20(23(24,25)26)27-29(21(16)30)15-9-5-4-6-10-15/h4-14H,1-3H3/b16-13-,19-14+. The van der Waals surface area contributed by atoms with Crippen molar-refractivity contribution in [3.8, 4) is 0 Å². The summed E-state index contributed by atoms with van der Waals surface area (Å²) >= 11 is 0. The Hall–Kier alpha value is -3.35. The Bertz CT molecular complexity index is 1100. The van der Waals surface area contributed by atoms with Gasteiger partial charge in [-0.05, 0) is 35.9 Å². The van der Waals surface area contributed by atoms with Gasteiger partial charge in [-0.3, -0.25) is 4.79 Å². The van der Waals surface area contributed by atoms with E-state index in [1.54, 1.807) is 36.4 Å². The molecular weight excluding hydrogens is 391 g/mol. The summed E-state index contributed by atoms with van der Waals surface area (Å²) < 4.78 is 40.9. The molecule has 2 aliphatic rings. The third-order valence-electron chi connectivity index (χ3n) is 5.50. The fraction of sp³-hybridized carbons (Fsp3) is 0.217. The molecule has 0 bridgehead atoms. The van der Waals surface area contributed by atoms with Gasteiger partial charge in [0.2, 0.25) is 0 Å². The van der Waals surface area contributed by atoms with Crippen LogP contribution in [0.25, 0.3) is 0 Å². The van der Waals surface area contributed by atoms with Crippen molar-refractivity contribution in [2.45, 2.75) is 25.4 Å². The van der Waals surface area contributed by atoms with E-state index in [0.717, 1.165) is 22.0 Å². The second-order valence-electron chi connectivity index (χ2n) is 7.73. The van der Waals surface area contributed by atoms with Crippen molar-refractivity contribution in [2.75, 3.05) is 17.0 Å². The van der Waals surface area contributed by atoms with E-state index in [-0.39, 0.29) is 5.69 Å². The molecule has 0 fully saturated rings. The Balaban J connectivity index is 1.78. The van der Waals surface area contributed by atoms with Gasteiger partial charge in [0.05, 0.1) is 11.3 Å². The summed E-state index contributed by atoms with van der Waals surface area (Å²) in [6.45, 7) is 4.01. The first-order valence-electron chi connectivity index (χ1n) is 9.44. The number of allylic oxidation sites excluding steroid dienone is 3. The lowest BCUT2D eigenvalue weighted by molar-refractivity contribution is -0.114. The van der Waals surface area contributed by atoms with Crippen molar-refractivity contribution < 1.29 is 18.0 Å². The number of nitrogens with zero attached hydrogens (tertiary/aromatic N) is 3. The van der Waals surface area contributed by atoms with Gasteiger partial charge in [0, 0.05) is 23.8 Å². The quantitative estimate of drug-likeness (QED) is 0.638. The molecule has 1 amide bonds. The zero-order valence-electron chi connectivity index (χ0n) is 16.7. The summed E-state index contributed by atoms with van der Waals surface area (Å²) in [5.41, 5.74) is 1.06. The molecule has 0 aromatic heterocycles. The van der Waals surface area contributed by atoms with E-state index >= 15 is 0 Å². The van der Waals surface area contributed by atoms with Gasteiger partial charge >= 0.3 is 6.18 Å². The SMILES string of the molecule is CN1/C(=C/C=C2\C(=O)N(c3ccccc3)N=C2C(F)(F)F)C(C)(C)c2ccccc21. The van der Waals surface area contributed by atoms with E-state index in [9.17, 15) is 18.0 Å². The van der Waals surface area contributed by atoms with Crippen molar-refractivity contribution in [1.82, 2.24) is 0 Å². The number of anilines is 2. The molecule has 2 aromatic carbocycles. The average Bonchev–Trinajstić information content (AvgIpc) is 3.14. The lowest BCUT2D eigenvalue weighted by Gasteiger charge is -2.23. The van der Waals surface area contributed by atoms with Crippen molar-refractivity contribution >= 4 is 23.0 Å². The van der Waals surface area contributed by atoms with E-state index in [4.69, 9.17) is 0 Å². The monoisotopic (exact) mass is 411 g/mol. The molecule has 0 spiro atoms. The fourth-order valence-electron chi connectivity index (χ4n) is 3.98. The van der Waals surface area contributed by atoms with Crippen LogP contribution in [-0.2, 0) is 10.2 Å². The molecule has 2 aromatic rings. The zero-order chi connectivity index (χ0) is 21.7. The summed E-state index contributed by atoms with van der Waals surface area (Å²) in [5.74, 6) is -0.804. The molecule has 0 N–H and O–H groups in total. The molecule has 0 saturated heterocycles. The first kappa shape index (κ1) is 19.9. The molecule has 154 valence electrons. The third-order valence-corrected chi connectivity index (χ3v) is 5.50. The minimum absolute atomic E-state index is 0.283. The molecular formula is C23H20F3N3O. The van der Waals surface area contributed by atoms with Gasteiger partial charge in [-0.1, -0.05) is 50.2 Å². The van der Waals surface area contributed by atoms with Crippen LogP contribution < -0.4 is 9.91 Å². The van der Waals surface area contributed by atoms with E-state index < -0.39 is 28.8 Å². The second-order valence-corrected chi connectivity index (χ2v) is 7.73. The normalized spacial score (nSPS) is 20.9. The van der Waals surface area contributed by atoms with Crippen LogP contribution >= 0.6 is 0 Å². The topological polar surface area (TPSA) is 35.9 Å². The number of hydrazone groups is 1. The number of rotatable bonds is 2. The first-order chi connectivity index (χ1) is 14.1. The molecule has 0 saturated carbocycles. The number of fused-ring (bicyclic) bond motifs is 1. The molecule has 2 heterocycles.